The Kier molecular flexibility index (Phi) is 3.08. The number of hydrogen-bond acceptors (Lipinski definition) is 4. The molecule has 7 heteroatoms. The summed E-state index contributed by atoms with van der Waals surface area (Å²) in [5.74, 6) is -0.235. The maximum absolute atomic E-state index is 11.8. The Morgan fingerprint density at radius 3 is 2.74 bits per heavy atom. The summed E-state index contributed by atoms with van der Waals surface area (Å²) >= 11 is 3.36. The fraction of sp³-hybridized carbons (Fsp3) is 0.250. The average molecular weight is 322 g/mol. The van der Waals surface area contributed by atoms with Gasteiger partial charge in [-0.05, 0) is 30.7 Å². The van der Waals surface area contributed by atoms with Crippen molar-refractivity contribution in [1.29, 1.82) is 0 Å². The highest BCUT2D eigenvalue weighted by Crippen LogP contribution is 2.18. The predicted molar refractivity (Wildman–Crippen MR) is 72.9 cm³/mol. The summed E-state index contributed by atoms with van der Waals surface area (Å²) in [7, 11) is 0. The van der Waals surface area contributed by atoms with Crippen LogP contribution in [0.25, 0.3) is 5.69 Å². The maximum Gasteiger partial charge on any atom is 0.273 e. The summed E-state index contributed by atoms with van der Waals surface area (Å²) in [4.78, 5) is 13.3. The molecule has 1 aromatic carbocycles. The van der Waals surface area contributed by atoms with Gasteiger partial charge in [-0.2, -0.15) is 9.90 Å². The van der Waals surface area contributed by atoms with Gasteiger partial charge in [-0.25, -0.2) is 0 Å². The molecule has 1 aromatic heterocycles. The number of halogens is 1. The van der Waals surface area contributed by atoms with E-state index in [1.165, 1.54) is 11.0 Å². The summed E-state index contributed by atoms with van der Waals surface area (Å²) in [6, 6.07) is 7.66. The predicted octanol–water partition coefficient (Wildman–Crippen LogP) is 0.859. The van der Waals surface area contributed by atoms with Crippen molar-refractivity contribution >= 4 is 21.8 Å². The number of carbonyl (C=O) groups excluding carboxylic acids is 1. The Hall–Kier alpha value is -1.73. The van der Waals surface area contributed by atoms with Gasteiger partial charge < -0.3 is 11.1 Å². The van der Waals surface area contributed by atoms with Crippen molar-refractivity contribution < 1.29 is 4.79 Å². The van der Waals surface area contributed by atoms with Crippen LogP contribution in [-0.2, 0) is 0 Å². The van der Waals surface area contributed by atoms with Gasteiger partial charge in [0.05, 0.1) is 11.9 Å². The number of carbonyl (C=O) groups is 1. The minimum absolute atomic E-state index is 0.0744. The van der Waals surface area contributed by atoms with Crippen LogP contribution in [0, 0.1) is 0 Å². The number of amides is 1. The molecule has 1 aliphatic rings. The molecule has 1 aliphatic carbocycles. The van der Waals surface area contributed by atoms with Gasteiger partial charge in [-0.15, -0.1) is 5.10 Å². The number of aromatic nitrogens is 3. The monoisotopic (exact) mass is 321 g/mol. The second-order valence-corrected chi connectivity index (χ2v) is 5.39. The molecular formula is C12H12BrN5O. The molecule has 1 amide bonds. The highest BCUT2D eigenvalue weighted by atomic mass is 79.9. The number of hydrogen-bond donors (Lipinski definition) is 2. The van der Waals surface area contributed by atoms with Gasteiger partial charge >= 0.3 is 0 Å². The molecule has 1 fully saturated rings. The first-order chi connectivity index (χ1) is 9.13. The quantitative estimate of drug-likeness (QED) is 0.878. The molecular weight excluding hydrogens is 310 g/mol. The lowest BCUT2D eigenvalue weighted by Gasteiger charge is -2.00. The molecule has 1 saturated carbocycles. The van der Waals surface area contributed by atoms with Crippen molar-refractivity contribution in [3.05, 3.63) is 40.6 Å². The van der Waals surface area contributed by atoms with Gasteiger partial charge in [-0.1, -0.05) is 15.9 Å². The first kappa shape index (κ1) is 12.3. The molecule has 0 bridgehead atoms. The normalized spacial score (nSPS) is 21.2. The van der Waals surface area contributed by atoms with Crippen LogP contribution >= 0.6 is 15.9 Å². The fourth-order valence-electron chi connectivity index (χ4n) is 1.69. The van der Waals surface area contributed by atoms with Crippen LogP contribution in [0.5, 0.6) is 0 Å². The third-order valence-electron chi connectivity index (χ3n) is 2.94. The molecule has 6 nitrogen and oxygen atoms in total. The van der Waals surface area contributed by atoms with Gasteiger partial charge in [0.1, 0.15) is 0 Å². The van der Waals surface area contributed by atoms with Crippen LogP contribution < -0.4 is 11.1 Å². The minimum atomic E-state index is -0.235. The number of benzene rings is 1. The van der Waals surface area contributed by atoms with Crippen LogP contribution in [0.2, 0.25) is 0 Å². The molecule has 3 rings (SSSR count). The molecule has 0 saturated heterocycles. The van der Waals surface area contributed by atoms with E-state index in [0.717, 1.165) is 16.6 Å². The Balaban J connectivity index is 1.75. The lowest BCUT2D eigenvalue weighted by atomic mass is 10.3. The standard InChI is InChI=1S/C12H12BrN5O/c13-7-1-3-8(4-2-7)18-15-6-11(17-18)12(19)16-10-5-9(10)14/h1-4,6,9-10H,5,14H2,(H,16,19)/t9-,10-/m0/s1. The van der Waals surface area contributed by atoms with E-state index in [9.17, 15) is 4.79 Å². The molecule has 0 radical (unpaired) electrons. The highest BCUT2D eigenvalue weighted by Gasteiger charge is 2.35. The second-order valence-electron chi connectivity index (χ2n) is 4.48. The van der Waals surface area contributed by atoms with E-state index >= 15 is 0 Å². The van der Waals surface area contributed by atoms with Crippen LogP contribution in [0.1, 0.15) is 16.9 Å². The Morgan fingerprint density at radius 1 is 1.42 bits per heavy atom. The third kappa shape index (κ3) is 2.66. The van der Waals surface area contributed by atoms with Crippen molar-refractivity contribution in [2.24, 2.45) is 5.73 Å². The Bertz CT molecular complexity index is 609. The van der Waals surface area contributed by atoms with Crippen LogP contribution in [-0.4, -0.2) is 33.0 Å². The first-order valence-corrected chi connectivity index (χ1v) is 6.67. The molecule has 3 N–H and O–H groups in total. The summed E-state index contributed by atoms with van der Waals surface area (Å²) < 4.78 is 0.976. The van der Waals surface area contributed by atoms with Crippen molar-refractivity contribution in [2.45, 2.75) is 18.5 Å². The van der Waals surface area contributed by atoms with Gasteiger partial charge in [0.2, 0.25) is 0 Å². The SMILES string of the molecule is N[C@H]1C[C@@H]1NC(=O)c1cnn(-c2ccc(Br)cc2)n1. The van der Waals surface area contributed by atoms with Crippen LogP contribution in [0.15, 0.2) is 34.9 Å². The van der Waals surface area contributed by atoms with Crippen molar-refractivity contribution in [3.63, 3.8) is 0 Å². The minimum Gasteiger partial charge on any atom is -0.346 e. The molecule has 0 aliphatic heterocycles. The number of nitrogens with one attached hydrogen (secondary N) is 1. The first-order valence-electron chi connectivity index (χ1n) is 5.88. The lowest BCUT2D eigenvalue weighted by molar-refractivity contribution is 0.0945. The summed E-state index contributed by atoms with van der Waals surface area (Å²) in [6.45, 7) is 0. The second kappa shape index (κ2) is 4.75. The van der Waals surface area contributed by atoms with Gasteiger partial charge in [-0.3, -0.25) is 4.79 Å². The number of rotatable bonds is 3. The van der Waals surface area contributed by atoms with E-state index in [0.29, 0.717) is 5.69 Å². The van der Waals surface area contributed by atoms with Crippen molar-refractivity contribution in [2.75, 3.05) is 0 Å². The third-order valence-corrected chi connectivity index (χ3v) is 3.47. The maximum atomic E-state index is 11.8. The van der Waals surface area contributed by atoms with E-state index in [4.69, 9.17) is 5.73 Å². The molecule has 2 atom stereocenters. The van der Waals surface area contributed by atoms with Crippen molar-refractivity contribution in [1.82, 2.24) is 20.3 Å². The zero-order chi connectivity index (χ0) is 13.4. The Morgan fingerprint density at radius 2 is 2.11 bits per heavy atom. The average Bonchev–Trinajstić information content (AvgIpc) is 2.92. The summed E-state index contributed by atoms with van der Waals surface area (Å²) in [5.41, 5.74) is 6.73. The molecule has 98 valence electrons. The van der Waals surface area contributed by atoms with Crippen LogP contribution in [0.3, 0.4) is 0 Å². The highest BCUT2D eigenvalue weighted by molar-refractivity contribution is 9.10. The van der Waals surface area contributed by atoms with Gasteiger partial charge in [0.25, 0.3) is 5.91 Å². The zero-order valence-corrected chi connectivity index (χ0v) is 11.5. The molecule has 19 heavy (non-hydrogen) atoms. The number of nitrogens with zero attached hydrogens (tertiary/aromatic N) is 3. The molecule has 1 heterocycles. The van der Waals surface area contributed by atoms with Crippen LogP contribution in [0.4, 0.5) is 0 Å². The molecule has 0 unspecified atom stereocenters. The molecule has 0 spiro atoms. The topological polar surface area (TPSA) is 85.8 Å². The van der Waals surface area contributed by atoms with Crippen molar-refractivity contribution in [3.8, 4) is 5.69 Å². The van der Waals surface area contributed by atoms with E-state index in [1.807, 2.05) is 24.3 Å². The summed E-state index contributed by atoms with van der Waals surface area (Å²) in [5, 5.41) is 11.0. The van der Waals surface area contributed by atoms with E-state index in [-0.39, 0.29) is 18.0 Å². The van der Waals surface area contributed by atoms with E-state index < -0.39 is 0 Å². The zero-order valence-electron chi connectivity index (χ0n) is 9.95. The van der Waals surface area contributed by atoms with Gasteiger partial charge in [0, 0.05) is 16.6 Å². The smallest absolute Gasteiger partial charge is 0.273 e. The van der Waals surface area contributed by atoms with E-state index in [1.54, 1.807) is 0 Å². The summed E-state index contributed by atoms with van der Waals surface area (Å²) in [6.07, 6.45) is 2.28. The number of nitrogens with two attached hydrogens (primary N) is 1. The van der Waals surface area contributed by atoms with E-state index in [2.05, 4.69) is 31.4 Å². The fourth-order valence-corrected chi connectivity index (χ4v) is 1.95. The van der Waals surface area contributed by atoms with Gasteiger partial charge in [0.15, 0.2) is 5.69 Å². The Labute approximate surface area is 118 Å². The largest absolute Gasteiger partial charge is 0.346 e. The molecule has 2 aromatic rings. The lowest BCUT2D eigenvalue weighted by Crippen LogP contribution is -2.30.